The Bertz CT molecular complexity index is 596. The fraction of sp³-hybridized carbons (Fsp3) is 0.294. The fourth-order valence-electron chi connectivity index (χ4n) is 2.05. The second-order valence-electron chi connectivity index (χ2n) is 5.35. The molecule has 2 amide bonds. The molecule has 2 aromatic rings. The van der Waals surface area contributed by atoms with Gasteiger partial charge in [0.15, 0.2) is 0 Å². The second kappa shape index (κ2) is 6.88. The molecule has 0 saturated heterocycles. The van der Waals surface area contributed by atoms with Gasteiger partial charge in [-0.15, -0.1) is 0 Å². The zero-order valence-electron chi connectivity index (χ0n) is 12.6. The molecule has 0 radical (unpaired) electrons. The van der Waals surface area contributed by atoms with Crippen molar-refractivity contribution in [1.29, 1.82) is 0 Å². The molecule has 4 nitrogen and oxygen atoms in total. The number of anilines is 1. The topological polar surface area (TPSA) is 54.0 Å². The van der Waals surface area contributed by atoms with Crippen molar-refractivity contribution in [3.8, 4) is 0 Å². The molecule has 1 aromatic carbocycles. The molecule has 0 fully saturated rings. The molecule has 4 heteroatoms. The van der Waals surface area contributed by atoms with Crippen molar-refractivity contribution in [1.82, 2.24) is 10.3 Å². The molecule has 21 heavy (non-hydrogen) atoms. The van der Waals surface area contributed by atoms with Crippen molar-refractivity contribution in [2.75, 3.05) is 5.32 Å². The van der Waals surface area contributed by atoms with Crippen LogP contribution in [0.1, 0.15) is 44.0 Å². The van der Waals surface area contributed by atoms with E-state index in [1.54, 1.807) is 6.20 Å². The number of amides is 2. The van der Waals surface area contributed by atoms with Crippen molar-refractivity contribution in [3.63, 3.8) is 0 Å². The summed E-state index contributed by atoms with van der Waals surface area (Å²) in [6.45, 7) is 6.16. The van der Waals surface area contributed by atoms with E-state index in [1.807, 2.05) is 43.3 Å². The van der Waals surface area contributed by atoms with Crippen LogP contribution in [0, 0.1) is 0 Å². The highest BCUT2D eigenvalue weighted by Gasteiger charge is 2.10. The number of carbonyl (C=O) groups excluding carboxylic acids is 1. The summed E-state index contributed by atoms with van der Waals surface area (Å²) in [6.07, 6.45) is 1.72. The minimum atomic E-state index is -0.228. The maximum atomic E-state index is 12.0. The predicted molar refractivity (Wildman–Crippen MR) is 85.3 cm³/mol. The number of pyridine rings is 1. The van der Waals surface area contributed by atoms with E-state index < -0.39 is 0 Å². The van der Waals surface area contributed by atoms with Crippen molar-refractivity contribution in [2.45, 2.75) is 32.7 Å². The van der Waals surface area contributed by atoms with Gasteiger partial charge in [0.2, 0.25) is 0 Å². The van der Waals surface area contributed by atoms with Crippen LogP contribution >= 0.6 is 0 Å². The number of rotatable bonds is 4. The van der Waals surface area contributed by atoms with Crippen LogP contribution in [0.15, 0.2) is 48.7 Å². The van der Waals surface area contributed by atoms with Crippen molar-refractivity contribution >= 4 is 11.7 Å². The van der Waals surface area contributed by atoms with Gasteiger partial charge < -0.3 is 10.6 Å². The van der Waals surface area contributed by atoms with Crippen LogP contribution in [-0.2, 0) is 0 Å². The van der Waals surface area contributed by atoms with Crippen LogP contribution in [0.25, 0.3) is 0 Å². The monoisotopic (exact) mass is 283 g/mol. The normalized spacial score (nSPS) is 12.0. The van der Waals surface area contributed by atoms with Crippen LogP contribution in [0.4, 0.5) is 10.5 Å². The molecule has 0 aliphatic rings. The number of urea groups is 1. The second-order valence-corrected chi connectivity index (χ2v) is 5.35. The third-order valence-corrected chi connectivity index (χ3v) is 3.29. The lowest BCUT2D eigenvalue weighted by Gasteiger charge is -2.15. The molecular weight excluding hydrogens is 262 g/mol. The summed E-state index contributed by atoms with van der Waals surface area (Å²) in [4.78, 5) is 16.3. The van der Waals surface area contributed by atoms with Crippen molar-refractivity contribution < 1.29 is 4.79 Å². The third-order valence-electron chi connectivity index (χ3n) is 3.29. The zero-order chi connectivity index (χ0) is 15.2. The van der Waals surface area contributed by atoms with Gasteiger partial charge in [-0.05, 0) is 42.7 Å². The summed E-state index contributed by atoms with van der Waals surface area (Å²) in [6, 6.07) is 13.2. The Kier molecular flexibility index (Phi) is 4.93. The summed E-state index contributed by atoms with van der Waals surface area (Å²) in [7, 11) is 0. The molecule has 1 aromatic heterocycles. The zero-order valence-corrected chi connectivity index (χ0v) is 12.6. The average molecular weight is 283 g/mol. The van der Waals surface area contributed by atoms with Gasteiger partial charge in [0.1, 0.15) is 0 Å². The van der Waals surface area contributed by atoms with Gasteiger partial charge in [-0.3, -0.25) is 4.98 Å². The molecule has 110 valence electrons. The van der Waals surface area contributed by atoms with E-state index in [0.717, 1.165) is 11.4 Å². The minimum absolute atomic E-state index is 0.139. The maximum Gasteiger partial charge on any atom is 0.319 e. The molecule has 0 aliphatic heterocycles. The number of aromatic nitrogens is 1. The largest absolute Gasteiger partial charge is 0.330 e. The summed E-state index contributed by atoms with van der Waals surface area (Å²) in [5.41, 5.74) is 2.83. The average Bonchev–Trinajstić information content (AvgIpc) is 2.48. The van der Waals surface area contributed by atoms with E-state index in [9.17, 15) is 4.79 Å². The predicted octanol–water partition coefficient (Wildman–Crippen LogP) is 4.09. The highest BCUT2D eigenvalue weighted by Crippen LogP contribution is 2.18. The van der Waals surface area contributed by atoms with Gasteiger partial charge in [-0.1, -0.05) is 32.0 Å². The van der Waals surface area contributed by atoms with Crippen LogP contribution in [-0.4, -0.2) is 11.0 Å². The van der Waals surface area contributed by atoms with Gasteiger partial charge >= 0.3 is 6.03 Å². The fourth-order valence-corrected chi connectivity index (χ4v) is 2.05. The van der Waals surface area contributed by atoms with Gasteiger partial charge in [0.25, 0.3) is 0 Å². The first kappa shape index (κ1) is 15.0. The molecule has 1 heterocycles. The summed E-state index contributed by atoms with van der Waals surface area (Å²) in [5, 5.41) is 5.74. The molecule has 0 aliphatic carbocycles. The first-order valence-electron chi connectivity index (χ1n) is 7.14. The highest BCUT2D eigenvalue weighted by atomic mass is 16.2. The van der Waals surface area contributed by atoms with E-state index in [-0.39, 0.29) is 12.1 Å². The quantitative estimate of drug-likeness (QED) is 0.888. The number of carbonyl (C=O) groups is 1. The lowest BCUT2D eigenvalue weighted by atomic mass is 10.0. The molecule has 0 bridgehead atoms. The van der Waals surface area contributed by atoms with Gasteiger partial charge in [-0.2, -0.15) is 0 Å². The van der Waals surface area contributed by atoms with Crippen molar-refractivity contribution in [2.24, 2.45) is 0 Å². The van der Waals surface area contributed by atoms with E-state index >= 15 is 0 Å². The molecule has 2 N–H and O–H groups in total. The molecule has 1 unspecified atom stereocenters. The summed E-state index contributed by atoms with van der Waals surface area (Å²) < 4.78 is 0. The highest BCUT2D eigenvalue weighted by molar-refractivity contribution is 5.89. The van der Waals surface area contributed by atoms with E-state index in [0.29, 0.717) is 5.92 Å². The molecule has 0 spiro atoms. The SMILES string of the molecule is CC(C)c1cccc(NC(=O)NC(C)c2ccccn2)c1. The number of benzene rings is 1. The number of hydrogen-bond acceptors (Lipinski definition) is 2. The lowest BCUT2D eigenvalue weighted by molar-refractivity contribution is 0.249. The Hall–Kier alpha value is -2.36. The summed E-state index contributed by atoms with van der Waals surface area (Å²) in [5.74, 6) is 0.433. The Balaban J connectivity index is 1.97. The molecular formula is C17H21N3O. The molecule has 0 saturated carbocycles. The number of nitrogens with one attached hydrogen (secondary N) is 2. The summed E-state index contributed by atoms with van der Waals surface area (Å²) >= 11 is 0. The van der Waals surface area contributed by atoms with Crippen LogP contribution < -0.4 is 10.6 Å². The number of nitrogens with zero attached hydrogens (tertiary/aromatic N) is 1. The van der Waals surface area contributed by atoms with Crippen molar-refractivity contribution in [3.05, 3.63) is 59.9 Å². The lowest BCUT2D eigenvalue weighted by Crippen LogP contribution is -2.31. The van der Waals surface area contributed by atoms with Gasteiger partial charge in [0.05, 0.1) is 11.7 Å². The van der Waals surface area contributed by atoms with Crippen LogP contribution in [0.5, 0.6) is 0 Å². The molecule has 2 rings (SSSR count). The Morgan fingerprint density at radius 2 is 1.90 bits per heavy atom. The van der Waals surface area contributed by atoms with Crippen LogP contribution in [0.3, 0.4) is 0 Å². The number of hydrogen-bond donors (Lipinski definition) is 2. The first-order valence-corrected chi connectivity index (χ1v) is 7.14. The van der Waals surface area contributed by atoms with E-state index in [4.69, 9.17) is 0 Å². The minimum Gasteiger partial charge on any atom is -0.330 e. The van der Waals surface area contributed by atoms with E-state index in [2.05, 4.69) is 35.5 Å². The Morgan fingerprint density at radius 1 is 1.10 bits per heavy atom. The standard InChI is InChI=1S/C17H21N3O/c1-12(2)14-7-6-8-15(11-14)20-17(21)19-13(3)16-9-4-5-10-18-16/h4-13H,1-3H3,(H2,19,20,21). The maximum absolute atomic E-state index is 12.0. The third kappa shape index (κ3) is 4.31. The van der Waals surface area contributed by atoms with E-state index in [1.165, 1.54) is 5.56 Å². The molecule has 1 atom stereocenters. The van der Waals surface area contributed by atoms with Gasteiger partial charge in [0, 0.05) is 11.9 Å². The Morgan fingerprint density at radius 3 is 2.57 bits per heavy atom. The Labute approximate surface area is 125 Å². The smallest absolute Gasteiger partial charge is 0.319 e. The van der Waals surface area contributed by atoms with Crippen LogP contribution in [0.2, 0.25) is 0 Å². The first-order chi connectivity index (χ1) is 10.1. The van der Waals surface area contributed by atoms with Gasteiger partial charge in [-0.25, -0.2) is 4.79 Å².